The third-order valence-electron chi connectivity index (χ3n) is 1.64. The van der Waals surface area contributed by atoms with Gasteiger partial charge < -0.3 is 0 Å². The lowest BCUT2D eigenvalue weighted by Crippen LogP contribution is -2.19. The van der Waals surface area contributed by atoms with Gasteiger partial charge in [-0.1, -0.05) is 12.0 Å². The van der Waals surface area contributed by atoms with Crippen molar-refractivity contribution in [1.29, 1.82) is 0 Å². The van der Waals surface area contributed by atoms with Gasteiger partial charge in [0.25, 0.3) is 0 Å². The summed E-state index contributed by atoms with van der Waals surface area (Å²) < 4.78 is 0. The van der Waals surface area contributed by atoms with E-state index >= 15 is 0 Å². The SMILES string of the molecule is C#CCN[C@H](C)c1ccccn1. The molecule has 0 aliphatic rings. The van der Waals surface area contributed by atoms with Gasteiger partial charge in [-0.3, -0.25) is 10.3 Å². The average Bonchev–Trinajstić information content (AvgIpc) is 2.15. The fraction of sp³-hybridized carbons (Fsp3) is 0.300. The largest absolute Gasteiger partial charge is 0.298 e. The van der Waals surface area contributed by atoms with Crippen LogP contribution >= 0.6 is 0 Å². The molecule has 62 valence electrons. The van der Waals surface area contributed by atoms with Crippen molar-refractivity contribution in [1.82, 2.24) is 10.3 Å². The van der Waals surface area contributed by atoms with Crippen LogP contribution in [0.25, 0.3) is 0 Å². The highest BCUT2D eigenvalue weighted by atomic mass is 14.9. The zero-order valence-corrected chi connectivity index (χ0v) is 7.12. The summed E-state index contributed by atoms with van der Waals surface area (Å²) in [5, 5.41) is 3.15. The predicted octanol–water partition coefficient (Wildman–Crippen LogP) is 1.37. The van der Waals surface area contributed by atoms with Gasteiger partial charge in [-0.05, 0) is 19.1 Å². The van der Waals surface area contributed by atoms with Crippen molar-refractivity contribution in [3.8, 4) is 12.3 Å². The summed E-state index contributed by atoms with van der Waals surface area (Å²) in [4.78, 5) is 4.20. The standard InChI is InChI=1S/C10H12N2/c1-3-7-11-9(2)10-6-4-5-8-12-10/h1,4-6,8-9,11H,7H2,2H3/t9-/m1/s1. The molecule has 1 heterocycles. The molecule has 0 saturated carbocycles. The molecule has 2 nitrogen and oxygen atoms in total. The molecule has 0 unspecified atom stereocenters. The Morgan fingerprint density at radius 2 is 2.50 bits per heavy atom. The van der Waals surface area contributed by atoms with E-state index in [-0.39, 0.29) is 6.04 Å². The van der Waals surface area contributed by atoms with Gasteiger partial charge in [0.05, 0.1) is 12.2 Å². The fourth-order valence-corrected chi connectivity index (χ4v) is 0.949. The Hall–Kier alpha value is -1.33. The first-order valence-electron chi connectivity index (χ1n) is 3.92. The topological polar surface area (TPSA) is 24.9 Å². The smallest absolute Gasteiger partial charge is 0.0578 e. The zero-order chi connectivity index (χ0) is 8.81. The first kappa shape index (κ1) is 8.76. The molecule has 1 N–H and O–H groups in total. The van der Waals surface area contributed by atoms with Crippen molar-refractivity contribution >= 4 is 0 Å². The average molecular weight is 160 g/mol. The van der Waals surface area contributed by atoms with Crippen LogP contribution in [-0.4, -0.2) is 11.5 Å². The Bertz CT molecular complexity index is 261. The molecule has 12 heavy (non-hydrogen) atoms. The zero-order valence-electron chi connectivity index (χ0n) is 7.12. The van der Waals surface area contributed by atoms with Crippen LogP contribution in [0.5, 0.6) is 0 Å². The lowest BCUT2D eigenvalue weighted by molar-refractivity contribution is 0.606. The minimum Gasteiger partial charge on any atom is -0.298 e. The Morgan fingerprint density at radius 1 is 1.67 bits per heavy atom. The molecule has 0 bridgehead atoms. The molecule has 0 amide bonds. The molecule has 0 spiro atoms. The molecule has 0 radical (unpaired) electrons. The number of terminal acetylenes is 1. The molecule has 1 aromatic heterocycles. The first-order valence-corrected chi connectivity index (χ1v) is 3.92. The van der Waals surface area contributed by atoms with Crippen molar-refractivity contribution in [2.45, 2.75) is 13.0 Å². The summed E-state index contributed by atoms with van der Waals surface area (Å²) in [6.45, 7) is 2.62. The van der Waals surface area contributed by atoms with Crippen LogP contribution in [0.2, 0.25) is 0 Å². The number of rotatable bonds is 3. The summed E-state index contributed by atoms with van der Waals surface area (Å²) in [7, 11) is 0. The highest BCUT2D eigenvalue weighted by Crippen LogP contribution is 2.06. The van der Waals surface area contributed by atoms with E-state index in [0.717, 1.165) is 5.69 Å². The van der Waals surface area contributed by atoms with Gasteiger partial charge in [0, 0.05) is 12.2 Å². The molecule has 1 rings (SSSR count). The number of hydrogen-bond donors (Lipinski definition) is 1. The van der Waals surface area contributed by atoms with Crippen LogP contribution in [0.1, 0.15) is 18.7 Å². The summed E-state index contributed by atoms with van der Waals surface area (Å²) in [6, 6.07) is 6.07. The predicted molar refractivity (Wildman–Crippen MR) is 49.5 cm³/mol. The number of hydrogen-bond acceptors (Lipinski definition) is 2. The van der Waals surface area contributed by atoms with Crippen LogP contribution < -0.4 is 5.32 Å². The maximum atomic E-state index is 5.12. The van der Waals surface area contributed by atoms with Gasteiger partial charge in [0.15, 0.2) is 0 Å². The summed E-state index contributed by atoms with van der Waals surface area (Å²) >= 11 is 0. The second-order valence-electron chi connectivity index (χ2n) is 2.56. The highest BCUT2D eigenvalue weighted by Gasteiger charge is 2.02. The third kappa shape index (κ3) is 2.37. The van der Waals surface area contributed by atoms with Gasteiger partial charge in [0.1, 0.15) is 0 Å². The second kappa shape index (κ2) is 4.53. The van der Waals surface area contributed by atoms with E-state index < -0.39 is 0 Å². The highest BCUT2D eigenvalue weighted by molar-refractivity contribution is 5.08. The molecular weight excluding hydrogens is 148 g/mol. The van der Waals surface area contributed by atoms with Crippen LogP contribution in [0.3, 0.4) is 0 Å². The van der Waals surface area contributed by atoms with E-state index in [2.05, 4.69) is 16.2 Å². The summed E-state index contributed by atoms with van der Waals surface area (Å²) in [5.41, 5.74) is 1.02. The molecule has 0 aromatic carbocycles. The Labute approximate surface area is 73.0 Å². The minimum absolute atomic E-state index is 0.224. The van der Waals surface area contributed by atoms with Crippen molar-refractivity contribution in [3.63, 3.8) is 0 Å². The summed E-state index contributed by atoms with van der Waals surface area (Å²) in [5.74, 6) is 2.53. The molecule has 2 heteroatoms. The summed E-state index contributed by atoms with van der Waals surface area (Å²) in [6.07, 6.45) is 6.90. The van der Waals surface area contributed by atoms with E-state index in [1.54, 1.807) is 6.20 Å². The Morgan fingerprint density at radius 3 is 3.08 bits per heavy atom. The van der Waals surface area contributed by atoms with E-state index in [9.17, 15) is 0 Å². The van der Waals surface area contributed by atoms with Crippen molar-refractivity contribution < 1.29 is 0 Å². The van der Waals surface area contributed by atoms with Crippen molar-refractivity contribution in [3.05, 3.63) is 30.1 Å². The van der Waals surface area contributed by atoms with E-state index in [1.165, 1.54) is 0 Å². The maximum Gasteiger partial charge on any atom is 0.0578 e. The molecule has 0 saturated heterocycles. The van der Waals surface area contributed by atoms with E-state index in [0.29, 0.717) is 6.54 Å². The van der Waals surface area contributed by atoms with E-state index in [1.807, 2.05) is 25.1 Å². The monoisotopic (exact) mass is 160 g/mol. The molecule has 1 aromatic rings. The van der Waals surface area contributed by atoms with Gasteiger partial charge in [-0.2, -0.15) is 0 Å². The molecule has 0 aliphatic heterocycles. The van der Waals surface area contributed by atoms with Crippen LogP contribution in [-0.2, 0) is 0 Å². The lowest BCUT2D eigenvalue weighted by atomic mass is 10.2. The molecule has 0 fully saturated rings. The normalized spacial score (nSPS) is 12.0. The van der Waals surface area contributed by atoms with Gasteiger partial charge in [-0.25, -0.2) is 0 Å². The second-order valence-corrected chi connectivity index (χ2v) is 2.56. The van der Waals surface area contributed by atoms with Crippen LogP contribution in [0.15, 0.2) is 24.4 Å². The van der Waals surface area contributed by atoms with Crippen molar-refractivity contribution in [2.75, 3.05) is 6.54 Å². The third-order valence-corrected chi connectivity index (χ3v) is 1.64. The fourth-order valence-electron chi connectivity index (χ4n) is 0.949. The maximum absolute atomic E-state index is 5.12. The van der Waals surface area contributed by atoms with Crippen LogP contribution in [0.4, 0.5) is 0 Å². The van der Waals surface area contributed by atoms with Gasteiger partial charge >= 0.3 is 0 Å². The Kier molecular flexibility index (Phi) is 3.31. The molecular formula is C10H12N2. The minimum atomic E-state index is 0.224. The number of pyridine rings is 1. The Balaban J connectivity index is 2.55. The van der Waals surface area contributed by atoms with Gasteiger partial charge in [0.2, 0.25) is 0 Å². The van der Waals surface area contributed by atoms with Crippen LogP contribution in [0, 0.1) is 12.3 Å². The molecule has 1 atom stereocenters. The quantitative estimate of drug-likeness (QED) is 0.675. The number of nitrogens with zero attached hydrogens (tertiary/aromatic N) is 1. The number of aromatic nitrogens is 1. The van der Waals surface area contributed by atoms with Crippen molar-refractivity contribution in [2.24, 2.45) is 0 Å². The lowest BCUT2D eigenvalue weighted by Gasteiger charge is -2.09. The molecule has 0 aliphatic carbocycles. The first-order chi connectivity index (χ1) is 5.84. The van der Waals surface area contributed by atoms with Gasteiger partial charge in [-0.15, -0.1) is 6.42 Å². The van der Waals surface area contributed by atoms with E-state index in [4.69, 9.17) is 6.42 Å². The number of nitrogens with one attached hydrogen (secondary N) is 1.